The van der Waals surface area contributed by atoms with Gasteiger partial charge in [0.15, 0.2) is 0 Å². The summed E-state index contributed by atoms with van der Waals surface area (Å²) in [5.41, 5.74) is 2.17. The van der Waals surface area contributed by atoms with Crippen LogP contribution in [0, 0.1) is 0 Å². The number of nitrogens with one attached hydrogen (secondary N) is 1. The maximum absolute atomic E-state index is 12.8. The summed E-state index contributed by atoms with van der Waals surface area (Å²) in [6.07, 6.45) is 0.686. The second-order valence-electron chi connectivity index (χ2n) is 6.71. The third-order valence-corrected chi connectivity index (χ3v) is 6.74. The van der Waals surface area contributed by atoms with Gasteiger partial charge in [-0.15, -0.1) is 0 Å². The van der Waals surface area contributed by atoms with Crippen molar-refractivity contribution < 1.29 is 8.42 Å². The van der Waals surface area contributed by atoms with Crippen LogP contribution in [0.25, 0.3) is 0 Å². The third-order valence-electron chi connectivity index (χ3n) is 4.67. The molecule has 146 valence electrons. The molecule has 3 nitrogen and oxygen atoms in total. The van der Waals surface area contributed by atoms with Crippen molar-refractivity contribution >= 4 is 33.2 Å². The van der Waals surface area contributed by atoms with E-state index in [1.807, 2.05) is 61.5 Å². The zero-order valence-corrected chi connectivity index (χ0v) is 17.7. The van der Waals surface area contributed by atoms with Gasteiger partial charge in [-0.3, -0.25) is 0 Å². The van der Waals surface area contributed by atoms with Crippen LogP contribution in [0.3, 0.4) is 0 Å². The summed E-state index contributed by atoms with van der Waals surface area (Å²) < 4.78 is 28.5. The lowest BCUT2D eigenvalue weighted by molar-refractivity contribution is 0.503. The number of hydrogen-bond acceptors (Lipinski definition) is 2. The van der Waals surface area contributed by atoms with Crippen molar-refractivity contribution in [2.24, 2.45) is 0 Å². The summed E-state index contributed by atoms with van der Waals surface area (Å²) in [6.45, 7) is 1.89. The minimum Gasteiger partial charge on any atom is -0.208 e. The van der Waals surface area contributed by atoms with Crippen LogP contribution < -0.4 is 4.72 Å². The zero-order chi connectivity index (χ0) is 20.1. The summed E-state index contributed by atoms with van der Waals surface area (Å²) in [5, 5.41) is 1.17. The molecule has 0 aliphatic rings. The Labute approximate surface area is 176 Å². The van der Waals surface area contributed by atoms with E-state index in [0.717, 1.165) is 11.1 Å². The second kappa shape index (κ2) is 9.10. The van der Waals surface area contributed by atoms with E-state index in [4.69, 9.17) is 23.2 Å². The van der Waals surface area contributed by atoms with Crippen LogP contribution >= 0.6 is 23.2 Å². The molecule has 2 atom stereocenters. The highest BCUT2D eigenvalue weighted by Crippen LogP contribution is 2.26. The van der Waals surface area contributed by atoms with Gasteiger partial charge in [-0.1, -0.05) is 65.7 Å². The quantitative estimate of drug-likeness (QED) is 0.520. The molecule has 0 saturated heterocycles. The number of halogens is 2. The molecule has 0 fully saturated rings. The van der Waals surface area contributed by atoms with Gasteiger partial charge in [-0.05, 0) is 60.9 Å². The highest BCUT2D eigenvalue weighted by molar-refractivity contribution is 7.89. The number of rotatable bonds is 7. The van der Waals surface area contributed by atoms with E-state index < -0.39 is 10.0 Å². The zero-order valence-electron chi connectivity index (χ0n) is 15.3. The minimum atomic E-state index is -3.66. The van der Waals surface area contributed by atoms with Crippen LogP contribution in [0.2, 0.25) is 10.0 Å². The van der Waals surface area contributed by atoms with Gasteiger partial charge in [0, 0.05) is 22.0 Å². The van der Waals surface area contributed by atoms with Gasteiger partial charge in [0.1, 0.15) is 0 Å². The van der Waals surface area contributed by atoms with Gasteiger partial charge >= 0.3 is 0 Å². The predicted octanol–water partition coefficient (Wildman–Crippen LogP) is 5.69. The van der Waals surface area contributed by atoms with E-state index in [-0.39, 0.29) is 16.9 Å². The molecule has 3 aromatic rings. The van der Waals surface area contributed by atoms with E-state index in [9.17, 15) is 8.42 Å². The Morgan fingerprint density at radius 1 is 0.821 bits per heavy atom. The maximum Gasteiger partial charge on any atom is 0.240 e. The van der Waals surface area contributed by atoms with Crippen LogP contribution in [0.4, 0.5) is 0 Å². The van der Waals surface area contributed by atoms with E-state index in [0.29, 0.717) is 16.5 Å². The lowest BCUT2D eigenvalue weighted by atomic mass is 9.87. The summed E-state index contributed by atoms with van der Waals surface area (Å²) in [6, 6.07) is 23.4. The fourth-order valence-electron chi connectivity index (χ4n) is 3.17. The molecule has 28 heavy (non-hydrogen) atoms. The average Bonchev–Trinajstić information content (AvgIpc) is 2.68. The molecule has 0 heterocycles. The Morgan fingerprint density at radius 3 is 1.93 bits per heavy atom. The molecule has 0 saturated carbocycles. The third kappa shape index (κ3) is 5.36. The van der Waals surface area contributed by atoms with E-state index in [1.165, 1.54) is 12.1 Å². The van der Waals surface area contributed by atoms with Gasteiger partial charge in [0.25, 0.3) is 0 Å². The molecule has 0 spiro atoms. The number of hydrogen-bond donors (Lipinski definition) is 1. The fourth-order valence-corrected chi connectivity index (χ4v) is 4.70. The molecule has 0 radical (unpaired) electrons. The Balaban J connectivity index is 1.86. The molecular weight excluding hydrogens is 413 g/mol. The van der Waals surface area contributed by atoms with Crippen LogP contribution in [0.15, 0.2) is 83.8 Å². The Hall–Kier alpha value is -1.85. The smallest absolute Gasteiger partial charge is 0.208 e. The monoisotopic (exact) mass is 433 g/mol. The summed E-state index contributed by atoms with van der Waals surface area (Å²) in [4.78, 5) is 0.196. The van der Waals surface area contributed by atoms with Crippen LogP contribution in [0.5, 0.6) is 0 Å². The molecule has 0 aliphatic carbocycles. The average molecular weight is 434 g/mol. The van der Waals surface area contributed by atoms with Gasteiger partial charge in [-0.2, -0.15) is 0 Å². The van der Waals surface area contributed by atoms with Crippen molar-refractivity contribution in [3.8, 4) is 0 Å². The first-order valence-corrected chi connectivity index (χ1v) is 11.2. The molecule has 3 aromatic carbocycles. The summed E-state index contributed by atoms with van der Waals surface area (Å²) in [7, 11) is -3.66. The van der Waals surface area contributed by atoms with Crippen LogP contribution in [-0.2, 0) is 16.4 Å². The fraction of sp³-hybridized carbons (Fsp3) is 0.182. The lowest BCUT2D eigenvalue weighted by Crippen LogP contribution is -2.37. The lowest BCUT2D eigenvalue weighted by Gasteiger charge is -2.26. The second-order valence-corrected chi connectivity index (χ2v) is 9.30. The van der Waals surface area contributed by atoms with Crippen LogP contribution in [-0.4, -0.2) is 14.5 Å². The number of benzene rings is 3. The molecule has 0 bridgehead atoms. The predicted molar refractivity (Wildman–Crippen MR) is 116 cm³/mol. The largest absolute Gasteiger partial charge is 0.240 e. The van der Waals surface area contributed by atoms with Gasteiger partial charge in [0.05, 0.1) is 4.90 Å². The highest BCUT2D eigenvalue weighted by Gasteiger charge is 2.25. The first-order valence-electron chi connectivity index (χ1n) is 8.92. The summed E-state index contributed by atoms with van der Waals surface area (Å²) in [5.74, 6) is -0.0375. The van der Waals surface area contributed by atoms with Crippen molar-refractivity contribution in [2.75, 3.05) is 0 Å². The highest BCUT2D eigenvalue weighted by atomic mass is 35.5. The first-order chi connectivity index (χ1) is 13.3. The van der Waals surface area contributed by atoms with Gasteiger partial charge in [-0.25, -0.2) is 13.1 Å². The normalized spacial score (nSPS) is 13.8. The Bertz CT molecular complexity index is 1000. The standard InChI is InChI=1S/C22H21Cl2NO2S/c1-16(25-28(26,27)21-13-11-20(24)12-14-21)22(18-5-3-2-4-6-18)15-17-7-9-19(23)10-8-17/h2-14,16,22,25H,15H2,1H3. The van der Waals surface area contributed by atoms with E-state index in [1.54, 1.807) is 12.1 Å². The molecule has 3 rings (SSSR count). The molecule has 0 aliphatic heterocycles. The van der Waals surface area contributed by atoms with Gasteiger partial charge < -0.3 is 0 Å². The molecular formula is C22H21Cl2NO2S. The Kier molecular flexibility index (Phi) is 6.78. The first kappa shape index (κ1) is 20.9. The van der Waals surface area contributed by atoms with Crippen molar-refractivity contribution in [1.82, 2.24) is 4.72 Å². The molecule has 6 heteroatoms. The van der Waals surface area contributed by atoms with Crippen LogP contribution in [0.1, 0.15) is 24.0 Å². The SMILES string of the molecule is CC(NS(=O)(=O)c1ccc(Cl)cc1)C(Cc1ccc(Cl)cc1)c1ccccc1. The topological polar surface area (TPSA) is 46.2 Å². The van der Waals surface area contributed by atoms with Crippen molar-refractivity contribution in [3.05, 3.63) is 100 Å². The minimum absolute atomic E-state index is 0.0375. The molecule has 1 N–H and O–H groups in total. The molecule has 0 amide bonds. The number of sulfonamides is 1. The van der Waals surface area contributed by atoms with E-state index in [2.05, 4.69) is 4.72 Å². The maximum atomic E-state index is 12.8. The molecule has 2 unspecified atom stereocenters. The van der Waals surface area contributed by atoms with Crippen molar-refractivity contribution in [2.45, 2.75) is 30.2 Å². The van der Waals surface area contributed by atoms with Crippen molar-refractivity contribution in [3.63, 3.8) is 0 Å². The molecule has 0 aromatic heterocycles. The van der Waals surface area contributed by atoms with E-state index >= 15 is 0 Å². The Morgan fingerprint density at radius 2 is 1.36 bits per heavy atom. The van der Waals surface area contributed by atoms with Crippen molar-refractivity contribution in [1.29, 1.82) is 0 Å². The van der Waals surface area contributed by atoms with Gasteiger partial charge in [0.2, 0.25) is 10.0 Å². The summed E-state index contributed by atoms with van der Waals surface area (Å²) >= 11 is 11.9.